The second-order valence-corrected chi connectivity index (χ2v) is 5.49. The van der Waals surface area contributed by atoms with Gasteiger partial charge in [-0.15, -0.1) is 0 Å². The van der Waals surface area contributed by atoms with Gasteiger partial charge in [-0.1, -0.05) is 0 Å². The summed E-state index contributed by atoms with van der Waals surface area (Å²) in [5, 5.41) is 0. The number of carbonyl (C=O) groups excluding carboxylic acids is 1. The number of benzene rings is 1. The second kappa shape index (κ2) is 4.84. The Morgan fingerprint density at radius 2 is 2.06 bits per heavy atom. The fourth-order valence-electron chi connectivity index (χ4n) is 1.06. The lowest BCUT2D eigenvalue weighted by Crippen LogP contribution is -2.28. The minimum Gasteiger partial charge on any atom is -0.496 e. The molecule has 0 saturated carbocycles. The molecule has 0 atom stereocenters. The summed E-state index contributed by atoms with van der Waals surface area (Å²) < 4.78 is 30.5. The molecule has 5 nitrogen and oxygen atoms in total. The number of carbonyl (C=O) groups is 1. The van der Waals surface area contributed by atoms with Gasteiger partial charge in [0.05, 0.1) is 16.5 Å². The second-order valence-electron chi connectivity index (χ2n) is 2.96. The SMILES string of the molecule is COc1ccc(S(=O)(=O)NC(C)=O)cc1Br. The molecule has 0 bridgehead atoms. The van der Waals surface area contributed by atoms with Crippen LogP contribution in [0.3, 0.4) is 0 Å². The van der Waals surface area contributed by atoms with E-state index in [1.54, 1.807) is 0 Å². The van der Waals surface area contributed by atoms with E-state index in [0.29, 0.717) is 10.2 Å². The summed E-state index contributed by atoms with van der Waals surface area (Å²) in [5.74, 6) is -0.117. The summed E-state index contributed by atoms with van der Waals surface area (Å²) in [7, 11) is -2.32. The van der Waals surface area contributed by atoms with E-state index in [1.165, 1.54) is 25.3 Å². The molecule has 1 rings (SSSR count). The van der Waals surface area contributed by atoms with Gasteiger partial charge in [0.2, 0.25) is 5.91 Å². The highest BCUT2D eigenvalue weighted by atomic mass is 79.9. The lowest BCUT2D eigenvalue weighted by Gasteiger charge is -2.07. The number of amides is 1. The van der Waals surface area contributed by atoms with Gasteiger partial charge in [-0.25, -0.2) is 13.1 Å². The molecule has 16 heavy (non-hydrogen) atoms. The van der Waals surface area contributed by atoms with E-state index in [-0.39, 0.29) is 4.90 Å². The Balaban J connectivity index is 3.15. The largest absolute Gasteiger partial charge is 0.496 e. The molecule has 1 N–H and O–H groups in total. The molecule has 0 saturated heterocycles. The first-order valence-corrected chi connectivity index (χ1v) is 6.51. The molecule has 88 valence electrons. The smallest absolute Gasteiger partial charge is 0.264 e. The van der Waals surface area contributed by atoms with Crippen molar-refractivity contribution in [2.45, 2.75) is 11.8 Å². The third kappa shape index (κ3) is 2.96. The Bertz CT molecular complexity index is 512. The molecule has 0 aromatic heterocycles. The average molecular weight is 308 g/mol. The Hall–Kier alpha value is -1.08. The van der Waals surface area contributed by atoms with Crippen LogP contribution in [0.1, 0.15) is 6.92 Å². The van der Waals surface area contributed by atoms with Gasteiger partial charge in [0, 0.05) is 6.92 Å². The number of sulfonamides is 1. The Morgan fingerprint density at radius 3 is 2.50 bits per heavy atom. The number of nitrogens with one attached hydrogen (secondary N) is 1. The minimum absolute atomic E-state index is 0.00428. The third-order valence-corrected chi connectivity index (χ3v) is 3.76. The molecule has 0 aliphatic carbocycles. The van der Waals surface area contributed by atoms with Crippen LogP contribution >= 0.6 is 15.9 Å². The number of hydrogen-bond acceptors (Lipinski definition) is 4. The van der Waals surface area contributed by atoms with Crippen LogP contribution in [-0.4, -0.2) is 21.4 Å². The lowest BCUT2D eigenvalue weighted by atomic mass is 10.3. The highest BCUT2D eigenvalue weighted by Crippen LogP contribution is 2.27. The van der Waals surface area contributed by atoms with E-state index in [2.05, 4.69) is 15.9 Å². The number of ether oxygens (including phenoxy) is 1. The van der Waals surface area contributed by atoms with Crippen molar-refractivity contribution in [2.24, 2.45) is 0 Å². The summed E-state index contributed by atoms with van der Waals surface area (Å²) in [5.41, 5.74) is 0. The maximum atomic E-state index is 11.6. The predicted octanol–water partition coefficient (Wildman–Crippen LogP) is 1.28. The van der Waals surface area contributed by atoms with Crippen molar-refractivity contribution in [1.29, 1.82) is 0 Å². The quantitative estimate of drug-likeness (QED) is 0.913. The van der Waals surface area contributed by atoms with E-state index in [9.17, 15) is 13.2 Å². The molecule has 0 heterocycles. The van der Waals surface area contributed by atoms with E-state index >= 15 is 0 Å². The highest BCUT2D eigenvalue weighted by Gasteiger charge is 2.16. The molecule has 1 amide bonds. The Kier molecular flexibility index (Phi) is 3.93. The fraction of sp³-hybridized carbons (Fsp3) is 0.222. The number of halogens is 1. The molecule has 0 spiro atoms. The first-order chi connectivity index (χ1) is 7.36. The van der Waals surface area contributed by atoms with Crippen LogP contribution in [0.15, 0.2) is 27.6 Å². The summed E-state index contributed by atoms with van der Waals surface area (Å²) in [6.07, 6.45) is 0. The third-order valence-electron chi connectivity index (χ3n) is 1.71. The first-order valence-electron chi connectivity index (χ1n) is 4.24. The van der Waals surface area contributed by atoms with Crippen LogP contribution < -0.4 is 9.46 Å². The lowest BCUT2D eigenvalue weighted by molar-refractivity contribution is -0.117. The average Bonchev–Trinajstić information content (AvgIpc) is 2.15. The zero-order valence-electron chi connectivity index (χ0n) is 8.65. The van der Waals surface area contributed by atoms with Crippen molar-refractivity contribution >= 4 is 31.9 Å². The fourth-order valence-corrected chi connectivity index (χ4v) is 2.77. The van der Waals surface area contributed by atoms with Gasteiger partial charge in [0.15, 0.2) is 0 Å². The van der Waals surface area contributed by atoms with Gasteiger partial charge < -0.3 is 4.74 Å². The van der Waals surface area contributed by atoms with Crippen LogP contribution in [0.2, 0.25) is 0 Å². The topological polar surface area (TPSA) is 72.5 Å². The van der Waals surface area contributed by atoms with E-state index in [4.69, 9.17) is 4.74 Å². The number of methoxy groups -OCH3 is 1. The summed E-state index contributed by atoms with van der Waals surface area (Å²) >= 11 is 3.16. The van der Waals surface area contributed by atoms with Crippen molar-refractivity contribution < 1.29 is 17.9 Å². The molecule has 0 fully saturated rings. The molecule has 0 radical (unpaired) electrons. The number of rotatable bonds is 3. The molecule has 1 aromatic rings. The summed E-state index contributed by atoms with van der Waals surface area (Å²) in [6, 6.07) is 4.22. The van der Waals surface area contributed by atoms with E-state index in [1.807, 2.05) is 4.72 Å². The Morgan fingerprint density at radius 1 is 1.44 bits per heavy atom. The van der Waals surface area contributed by atoms with Gasteiger partial charge in [-0.05, 0) is 34.1 Å². The van der Waals surface area contributed by atoms with Gasteiger partial charge in [0.25, 0.3) is 10.0 Å². The zero-order valence-corrected chi connectivity index (χ0v) is 11.1. The molecular weight excluding hydrogens is 298 g/mol. The molecule has 0 aliphatic heterocycles. The van der Waals surface area contributed by atoms with Gasteiger partial charge in [-0.3, -0.25) is 4.79 Å². The van der Waals surface area contributed by atoms with Crippen molar-refractivity contribution in [1.82, 2.24) is 4.72 Å². The van der Waals surface area contributed by atoms with Crippen LogP contribution in [0.25, 0.3) is 0 Å². The summed E-state index contributed by atoms with van der Waals surface area (Å²) in [6.45, 7) is 1.14. The molecular formula is C9H10BrNO4S. The van der Waals surface area contributed by atoms with Crippen molar-refractivity contribution in [3.8, 4) is 5.75 Å². The number of hydrogen-bond donors (Lipinski definition) is 1. The van der Waals surface area contributed by atoms with Gasteiger partial charge >= 0.3 is 0 Å². The molecule has 7 heteroatoms. The minimum atomic E-state index is -3.79. The predicted molar refractivity (Wildman–Crippen MR) is 61.7 cm³/mol. The van der Waals surface area contributed by atoms with Crippen LogP contribution in [0.4, 0.5) is 0 Å². The maximum absolute atomic E-state index is 11.6. The van der Waals surface area contributed by atoms with Crippen LogP contribution in [0.5, 0.6) is 5.75 Å². The van der Waals surface area contributed by atoms with Crippen LogP contribution in [0, 0.1) is 0 Å². The highest BCUT2D eigenvalue weighted by molar-refractivity contribution is 9.10. The normalized spacial score (nSPS) is 10.9. The molecule has 1 aromatic carbocycles. The molecule has 0 aliphatic rings. The van der Waals surface area contributed by atoms with Gasteiger partial charge in [0.1, 0.15) is 5.75 Å². The van der Waals surface area contributed by atoms with Gasteiger partial charge in [-0.2, -0.15) is 0 Å². The van der Waals surface area contributed by atoms with Crippen molar-refractivity contribution in [2.75, 3.05) is 7.11 Å². The Labute approximate surface area is 102 Å². The maximum Gasteiger partial charge on any atom is 0.264 e. The van der Waals surface area contributed by atoms with E-state index in [0.717, 1.165) is 6.92 Å². The van der Waals surface area contributed by atoms with E-state index < -0.39 is 15.9 Å². The monoisotopic (exact) mass is 307 g/mol. The van der Waals surface area contributed by atoms with Crippen LogP contribution in [-0.2, 0) is 14.8 Å². The van der Waals surface area contributed by atoms with Crippen molar-refractivity contribution in [3.05, 3.63) is 22.7 Å². The summed E-state index contributed by atoms with van der Waals surface area (Å²) in [4.78, 5) is 10.7. The zero-order chi connectivity index (χ0) is 12.3. The molecule has 0 unspecified atom stereocenters. The standard InChI is InChI=1S/C9H10BrNO4S/c1-6(12)11-16(13,14)7-3-4-9(15-2)8(10)5-7/h3-5H,1-2H3,(H,11,12). The van der Waals surface area contributed by atoms with Crippen molar-refractivity contribution in [3.63, 3.8) is 0 Å². The first kappa shape index (κ1) is 13.0.